The first-order valence-electron chi connectivity index (χ1n) is 4.34. The largest absolute Gasteiger partial charge is 0.394 e. The van der Waals surface area contributed by atoms with Crippen molar-refractivity contribution >= 4 is 0 Å². The maximum Gasteiger partial charge on any atom is 0.120 e. The standard InChI is InChI=1S/C9H14O3/c1-6-2-3-7(11)4-9(6)8(5-10)12-9/h7-8,10-11H,1-5H2/t7?,8-,9+/m0/s1. The van der Waals surface area contributed by atoms with Gasteiger partial charge in [-0.2, -0.15) is 0 Å². The summed E-state index contributed by atoms with van der Waals surface area (Å²) in [5, 5.41) is 18.3. The summed E-state index contributed by atoms with van der Waals surface area (Å²) >= 11 is 0. The molecular formula is C9H14O3. The Morgan fingerprint density at radius 1 is 1.67 bits per heavy atom. The molecule has 1 saturated heterocycles. The van der Waals surface area contributed by atoms with E-state index in [4.69, 9.17) is 9.84 Å². The number of rotatable bonds is 1. The molecule has 3 atom stereocenters. The Labute approximate surface area is 71.7 Å². The maximum atomic E-state index is 9.41. The van der Waals surface area contributed by atoms with Crippen LogP contribution in [-0.2, 0) is 4.74 Å². The molecule has 0 aromatic heterocycles. The molecule has 1 saturated carbocycles. The molecule has 68 valence electrons. The first kappa shape index (κ1) is 8.23. The highest BCUT2D eigenvalue weighted by atomic mass is 16.6. The summed E-state index contributed by atoms with van der Waals surface area (Å²) in [6.45, 7) is 3.95. The minimum atomic E-state index is -0.369. The summed E-state index contributed by atoms with van der Waals surface area (Å²) in [7, 11) is 0. The fourth-order valence-electron chi connectivity index (χ4n) is 2.04. The Bertz CT molecular complexity index is 214. The Balaban J connectivity index is 2.09. The fourth-order valence-corrected chi connectivity index (χ4v) is 2.04. The summed E-state index contributed by atoms with van der Waals surface area (Å²) in [4.78, 5) is 0. The molecule has 12 heavy (non-hydrogen) atoms. The molecule has 0 aromatic rings. The number of hydrogen-bond acceptors (Lipinski definition) is 3. The molecular weight excluding hydrogens is 156 g/mol. The Morgan fingerprint density at radius 3 is 3.00 bits per heavy atom. The highest BCUT2D eigenvalue weighted by Crippen LogP contribution is 2.50. The van der Waals surface area contributed by atoms with Crippen molar-refractivity contribution in [1.29, 1.82) is 0 Å². The molecule has 1 spiro atoms. The zero-order valence-corrected chi connectivity index (χ0v) is 6.99. The summed E-state index contributed by atoms with van der Waals surface area (Å²) < 4.78 is 5.37. The number of aliphatic hydroxyl groups excluding tert-OH is 2. The van der Waals surface area contributed by atoms with Crippen molar-refractivity contribution < 1.29 is 14.9 Å². The van der Waals surface area contributed by atoms with Crippen LogP contribution in [0.25, 0.3) is 0 Å². The lowest BCUT2D eigenvalue weighted by molar-refractivity contribution is 0.107. The van der Waals surface area contributed by atoms with Crippen LogP contribution in [0.3, 0.4) is 0 Å². The molecule has 3 nitrogen and oxygen atoms in total. The molecule has 1 heterocycles. The van der Waals surface area contributed by atoms with Gasteiger partial charge in [0.15, 0.2) is 0 Å². The average Bonchev–Trinajstić information content (AvgIpc) is 2.73. The third-order valence-corrected chi connectivity index (χ3v) is 2.90. The van der Waals surface area contributed by atoms with Crippen molar-refractivity contribution in [3.8, 4) is 0 Å². The van der Waals surface area contributed by atoms with E-state index < -0.39 is 0 Å². The van der Waals surface area contributed by atoms with E-state index in [1.165, 1.54) is 0 Å². The molecule has 0 aromatic carbocycles. The quantitative estimate of drug-likeness (QED) is 0.437. The van der Waals surface area contributed by atoms with Gasteiger partial charge >= 0.3 is 0 Å². The molecule has 2 rings (SSSR count). The molecule has 1 unspecified atom stereocenters. The van der Waals surface area contributed by atoms with Crippen molar-refractivity contribution in [2.24, 2.45) is 0 Å². The van der Waals surface area contributed by atoms with Crippen molar-refractivity contribution in [3.63, 3.8) is 0 Å². The van der Waals surface area contributed by atoms with Crippen molar-refractivity contribution in [3.05, 3.63) is 12.2 Å². The minimum Gasteiger partial charge on any atom is -0.394 e. The monoisotopic (exact) mass is 170 g/mol. The molecule has 1 aliphatic carbocycles. The van der Waals surface area contributed by atoms with Crippen LogP contribution in [0, 0.1) is 0 Å². The molecule has 3 heteroatoms. The maximum absolute atomic E-state index is 9.41. The van der Waals surface area contributed by atoms with E-state index in [0.29, 0.717) is 6.42 Å². The van der Waals surface area contributed by atoms with Gasteiger partial charge in [0.05, 0.1) is 12.7 Å². The van der Waals surface area contributed by atoms with E-state index in [-0.39, 0.29) is 24.4 Å². The third kappa shape index (κ3) is 1.01. The second kappa shape index (κ2) is 2.55. The molecule has 0 bridgehead atoms. The first-order valence-corrected chi connectivity index (χ1v) is 4.34. The molecule has 2 fully saturated rings. The third-order valence-electron chi connectivity index (χ3n) is 2.90. The lowest BCUT2D eigenvalue weighted by atomic mass is 9.81. The van der Waals surface area contributed by atoms with E-state index >= 15 is 0 Å². The Morgan fingerprint density at radius 2 is 2.42 bits per heavy atom. The molecule has 2 aliphatic rings. The van der Waals surface area contributed by atoms with Crippen LogP contribution >= 0.6 is 0 Å². The van der Waals surface area contributed by atoms with Gasteiger partial charge in [0, 0.05) is 6.42 Å². The van der Waals surface area contributed by atoms with Crippen LogP contribution in [-0.4, -0.2) is 34.6 Å². The normalized spacial score (nSPS) is 46.7. The summed E-state index contributed by atoms with van der Waals surface area (Å²) in [6, 6.07) is 0. The van der Waals surface area contributed by atoms with Crippen LogP contribution < -0.4 is 0 Å². The number of epoxide rings is 1. The van der Waals surface area contributed by atoms with Gasteiger partial charge in [0.1, 0.15) is 11.7 Å². The van der Waals surface area contributed by atoms with Gasteiger partial charge in [-0.3, -0.25) is 0 Å². The predicted octanol–water partition coefficient (Wildman–Crippen LogP) is 0.217. The summed E-state index contributed by atoms with van der Waals surface area (Å²) in [6.07, 6.45) is 1.81. The van der Waals surface area contributed by atoms with Crippen molar-refractivity contribution in [2.75, 3.05) is 6.61 Å². The Hall–Kier alpha value is -0.380. The van der Waals surface area contributed by atoms with Gasteiger partial charge < -0.3 is 14.9 Å². The second-order valence-electron chi connectivity index (χ2n) is 3.68. The van der Waals surface area contributed by atoms with Gasteiger partial charge in [-0.15, -0.1) is 0 Å². The zero-order valence-electron chi connectivity index (χ0n) is 6.99. The van der Waals surface area contributed by atoms with Crippen molar-refractivity contribution in [1.82, 2.24) is 0 Å². The van der Waals surface area contributed by atoms with Crippen LogP contribution in [0.5, 0.6) is 0 Å². The van der Waals surface area contributed by atoms with Gasteiger partial charge in [0.2, 0.25) is 0 Å². The van der Waals surface area contributed by atoms with Crippen LogP contribution in [0.4, 0.5) is 0 Å². The van der Waals surface area contributed by atoms with Crippen molar-refractivity contribution in [2.45, 2.75) is 37.1 Å². The van der Waals surface area contributed by atoms with E-state index in [0.717, 1.165) is 18.4 Å². The lowest BCUT2D eigenvalue weighted by Gasteiger charge is -2.25. The fraction of sp³-hybridized carbons (Fsp3) is 0.778. The SMILES string of the molecule is C=C1CCC(O)C[C@@]12O[C@H]2CO. The Kier molecular flexibility index (Phi) is 1.75. The van der Waals surface area contributed by atoms with E-state index in [2.05, 4.69) is 6.58 Å². The van der Waals surface area contributed by atoms with E-state index in [1.54, 1.807) is 0 Å². The van der Waals surface area contributed by atoms with E-state index in [9.17, 15) is 5.11 Å². The lowest BCUT2D eigenvalue weighted by Crippen LogP contribution is -2.31. The summed E-state index contributed by atoms with van der Waals surface area (Å²) in [5.41, 5.74) is 0.665. The number of aliphatic hydroxyl groups is 2. The highest BCUT2D eigenvalue weighted by Gasteiger charge is 2.59. The predicted molar refractivity (Wildman–Crippen MR) is 43.7 cm³/mol. The zero-order chi connectivity index (χ0) is 8.77. The van der Waals surface area contributed by atoms with Gasteiger partial charge in [-0.1, -0.05) is 6.58 Å². The van der Waals surface area contributed by atoms with Crippen LogP contribution in [0.2, 0.25) is 0 Å². The number of ether oxygens (including phenoxy) is 1. The number of hydrogen-bond donors (Lipinski definition) is 2. The second-order valence-corrected chi connectivity index (χ2v) is 3.68. The van der Waals surface area contributed by atoms with Gasteiger partial charge in [-0.05, 0) is 18.4 Å². The van der Waals surface area contributed by atoms with Crippen LogP contribution in [0.15, 0.2) is 12.2 Å². The highest BCUT2D eigenvalue weighted by molar-refractivity contribution is 5.27. The molecule has 0 radical (unpaired) electrons. The van der Waals surface area contributed by atoms with Crippen LogP contribution in [0.1, 0.15) is 19.3 Å². The smallest absolute Gasteiger partial charge is 0.120 e. The minimum absolute atomic E-state index is 0.0335. The first-order chi connectivity index (χ1) is 5.69. The molecule has 2 N–H and O–H groups in total. The summed E-state index contributed by atoms with van der Waals surface area (Å²) in [5.74, 6) is 0. The van der Waals surface area contributed by atoms with Gasteiger partial charge in [-0.25, -0.2) is 0 Å². The van der Waals surface area contributed by atoms with E-state index in [1.807, 2.05) is 0 Å². The van der Waals surface area contributed by atoms with Gasteiger partial charge in [0.25, 0.3) is 0 Å². The topological polar surface area (TPSA) is 53.0 Å². The molecule has 1 aliphatic heterocycles. The average molecular weight is 170 g/mol. The molecule has 0 amide bonds.